The number of Topliss-reactive ketones (excluding diaryl/α,β-unsaturated/α-hetero) is 1. The van der Waals surface area contributed by atoms with E-state index >= 15 is 0 Å². The molecule has 0 N–H and O–H groups in total. The zero-order chi connectivity index (χ0) is 12.7. The molecular formula is C13H22O4. The number of hydrogen-bond donors (Lipinski definition) is 0. The van der Waals surface area contributed by atoms with Crippen LogP contribution in [0.5, 0.6) is 0 Å². The van der Waals surface area contributed by atoms with E-state index in [1.165, 1.54) is 6.42 Å². The second-order valence-electron chi connectivity index (χ2n) is 4.36. The minimum atomic E-state index is -0.753. The first kappa shape index (κ1) is 14.2. The van der Waals surface area contributed by atoms with Crippen molar-refractivity contribution in [3.63, 3.8) is 0 Å². The second-order valence-corrected chi connectivity index (χ2v) is 4.36. The molecular weight excluding hydrogens is 220 g/mol. The Morgan fingerprint density at radius 2 is 1.76 bits per heavy atom. The normalized spacial score (nSPS) is 18.7. The molecule has 0 heterocycles. The molecule has 0 aromatic heterocycles. The zero-order valence-electron chi connectivity index (χ0n) is 10.7. The molecule has 0 aliphatic heterocycles. The summed E-state index contributed by atoms with van der Waals surface area (Å²) in [6.45, 7) is 4.22. The lowest BCUT2D eigenvalue weighted by molar-refractivity contribution is -0.161. The molecule has 0 aromatic rings. The van der Waals surface area contributed by atoms with Gasteiger partial charge in [-0.2, -0.15) is 0 Å². The molecule has 1 saturated carbocycles. The fourth-order valence-corrected chi connectivity index (χ4v) is 2.36. The first-order valence-corrected chi connectivity index (χ1v) is 6.53. The van der Waals surface area contributed by atoms with Crippen molar-refractivity contribution in [2.45, 2.75) is 52.1 Å². The summed E-state index contributed by atoms with van der Waals surface area (Å²) in [6.07, 6.45) is 4.78. The van der Waals surface area contributed by atoms with Gasteiger partial charge in [0.15, 0.2) is 0 Å². The molecule has 0 amide bonds. The maximum absolute atomic E-state index is 11.9. The molecule has 1 aliphatic rings. The van der Waals surface area contributed by atoms with E-state index in [4.69, 9.17) is 9.47 Å². The van der Waals surface area contributed by atoms with Gasteiger partial charge in [-0.05, 0) is 32.6 Å². The molecule has 4 heteroatoms. The third-order valence-corrected chi connectivity index (χ3v) is 3.16. The maximum Gasteiger partial charge on any atom is 0.377 e. The molecule has 1 fully saturated rings. The van der Waals surface area contributed by atoms with Crippen molar-refractivity contribution in [1.29, 1.82) is 0 Å². The lowest BCUT2D eigenvalue weighted by Gasteiger charge is -2.28. The Kier molecular flexibility index (Phi) is 6.19. The van der Waals surface area contributed by atoms with Gasteiger partial charge in [-0.3, -0.25) is 4.79 Å². The van der Waals surface area contributed by atoms with E-state index in [0.29, 0.717) is 6.61 Å². The van der Waals surface area contributed by atoms with Crippen molar-refractivity contribution >= 4 is 11.8 Å². The molecule has 0 bridgehead atoms. The van der Waals surface area contributed by atoms with Gasteiger partial charge in [0.1, 0.15) is 6.10 Å². The number of carbonyl (C=O) groups is 2. The summed E-state index contributed by atoms with van der Waals surface area (Å²) in [6, 6.07) is 0. The Bertz CT molecular complexity index is 256. The molecule has 0 spiro atoms. The van der Waals surface area contributed by atoms with Crippen LogP contribution in [0.1, 0.15) is 46.0 Å². The van der Waals surface area contributed by atoms with Crippen molar-refractivity contribution in [3.8, 4) is 0 Å². The van der Waals surface area contributed by atoms with Gasteiger partial charge in [0.2, 0.25) is 0 Å². The Labute approximate surface area is 103 Å². The van der Waals surface area contributed by atoms with Crippen LogP contribution in [0.3, 0.4) is 0 Å². The van der Waals surface area contributed by atoms with Gasteiger partial charge >= 0.3 is 5.97 Å². The third kappa shape index (κ3) is 4.11. The quantitative estimate of drug-likeness (QED) is 0.528. The fraction of sp³-hybridized carbons (Fsp3) is 0.846. The van der Waals surface area contributed by atoms with Gasteiger partial charge in [-0.25, -0.2) is 4.79 Å². The highest BCUT2D eigenvalue weighted by Crippen LogP contribution is 2.28. The third-order valence-electron chi connectivity index (χ3n) is 3.16. The average molecular weight is 242 g/mol. The molecule has 4 nitrogen and oxygen atoms in total. The highest BCUT2D eigenvalue weighted by atomic mass is 16.5. The lowest BCUT2D eigenvalue weighted by atomic mass is 9.83. The first-order chi connectivity index (χ1) is 8.20. The SMILES string of the molecule is CCOC(=O)C(=O)C(OCC)C1CCCCC1. The monoisotopic (exact) mass is 242 g/mol. The Hall–Kier alpha value is -0.900. The Morgan fingerprint density at radius 1 is 1.12 bits per heavy atom. The number of hydrogen-bond acceptors (Lipinski definition) is 4. The van der Waals surface area contributed by atoms with Crippen LogP contribution in [-0.2, 0) is 19.1 Å². The van der Waals surface area contributed by atoms with E-state index in [0.717, 1.165) is 25.7 Å². The smallest absolute Gasteiger partial charge is 0.377 e. The van der Waals surface area contributed by atoms with Crippen molar-refractivity contribution in [2.75, 3.05) is 13.2 Å². The largest absolute Gasteiger partial charge is 0.460 e. The van der Waals surface area contributed by atoms with E-state index in [2.05, 4.69) is 0 Å². The standard InChI is InChI=1S/C13H22O4/c1-3-16-12(10-8-6-5-7-9-10)11(14)13(15)17-4-2/h10,12H,3-9H2,1-2H3. The number of rotatable bonds is 6. The number of ketones is 1. The number of esters is 1. The van der Waals surface area contributed by atoms with Crippen molar-refractivity contribution < 1.29 is 19.1 Å². The molecule has 0 saturated heterocycles. The van der Waals surface area contributed by atoms with Crippen LogP contribution in [-0.4, -0.2) is 31.1 Å². The van der Waals surface area contributed by atoms with Gasteiger partial charge in [-0.15, -0.1) is 0 Å². The van der Waals surface area contributed by atoms with Crippen LogP contribution in [0.4, 0.5) is 0 Å². The minimum Gasteiger partial charge on any atom is -0.460 e. The van der Waals surface area contributed by atoms with Gasteiger partial charge in [0.05, 0.1) is 6.61 Å². The van der Waals surface area contributed by atoms with E-state index < -0.39 is 17.9 Å². The molecule has 1 aliphatic carbocycles. The van der Waals surface area contributed by atoms with Gasteiger partial charge < -0.3 is 9.47 Å². The average Bonchev–Trinajstić information content (AvgIpc) is 2.36. The van der Waals surface area contributed by atoms with Crippen LogP contribution in [0, 0.1) is 5.92 Å². The van der Waals surface area contributed by atoms with Crippen molar-refractivity contribution in [2.24, 2.45) is 5.92 Å². The van der Waals surface area contributed by atoms with Gasteiger partial charge in [0, 0.05) is 6.61 Å². The van der Waals surface area contributed by atoms with E-state index in [1.54, 1.807) is 6.92 Å². The van der Waals surface area contributed by atoms with Gasteiger partial charge in [-0.1, -0.05) is 19.3 Å². The molecule has 17 heavy (non-hydrogen) atoms. The molecule has 0 radical (unpaired) electrons. The topological polar surface area (TPSA) is 52.6 Å². The Balaban J connectivity index is 2.62. The maximum atomic E-state index is 11.9. The van der Waals surface area contributed by atoms with Crippen LogP contribution in [0.15, 0.2) is 0 Å². The summed E-state index contributed by atoms with van der Waals surface area (Å²) >= 11 is 0. The highest BCUT2D eigenvalue weighted by molar-refractivity contribution is 6.35. The van der Waals surface area contributed by atoms with Crippen molar-refractivity contribution in [3.05, 3.63) is 0 Å². The van der Waals surface area contributed by atoms with Crippen LogP contribution in [0.2, 0.25) is 0 Å². The fourth-order valence-electron chi connectivity index (χ4n) is 2.36. The summed E-state index contributed by atoms with van der Waals surface area (Å²) in [5.74, 6) is -1.09. The van der Waals surface area contributed by atoms with E-state index in [9.17, 15) is 9.59 Å². The van der Waals surface area contributed by atoms with E-state index in [-0.39, 0.29) is 12.5 Å². The summed E-state index contributed by atoms with van der Waals surface area (Å²) in [5.41, 5.74) is 0. The summed E-state index contributed by atoms with van der Waals surface area (Å²) in [4.78, 5) is 23.4. The number of ether oxygens (including phenoxy) is 2. The summed E-state index contributed by atoms with van der Waals surface area (Å²) < 4.78 is 10.2. The van der Waals surface area contributed by atoms with E-state index in [1.807, 2.05) is 6.92 Å². The highest BCUT2D eigenvalue weighted by Gasteiger charge is 2.34. The second kappa shape index (κ2) is 7.43. The summed E-state index contributed by atoms with van der Waals surface area (Å²) in [5, 5.41) is 0. The first-order valence-electron chi connectivity index (χ1n) is 6.53. The minimum absolute atomic E-state index is 0.181. The lowest BCUT2D eigenvalue weighted by Crippen LogP contribution is -2.39. The van der Waals surface area contributed by atoms with Crippen molar-refractivity contribution in [1.82, 2.24) is 0 Å². The number of carbonyl (C=O) groups excluding carboxylic acids is 2. The van der Waals surface area contributed by atoms with Gasteiger partial charge in [0.25, 0.3) is 5.78 Å². The molecule has 1 rings (SSSR count). The predicted molar refractivity (Wildman–Crippen MR) is 63.6 cm³/mol. The van der Waals surface area contributed by atoms with Crippen LogP contribution >= 0.6 is 0 Å². The Morgan fingerprint density at radius 3 is 2.29 bits per heavy atom. The molecule has 0 aromatic carbocycles. The summed E-state index contributed by atoms with van der Waals surface area (Å²) in [7, 11) is 0. The zero-order valence-corrected chi connectivity index (χ0v) is 10.7. The molecule has 1 atom stereocenters. The van der Waals surface area contributed by atoms with Crippen LogP contribution in [0.25, 0.3) is 0 Å². The predicted octanol–water partition coefficient (Wildman–Crippen LogP) is 2.10. The van der Waals surface area contributed by atoms with Crippen LogP contribution < -0.4 is 0 Å². The molecule has 1 unspecified atom stereocenters. The molecule has 98 valence electrons.